The van der Waals surface area contributed by atoms with E-state index in [1.165, 1.54) is 43.6 Å². The third-order valence-corrected chi connectivity index (χ3v) is 5.63. The van der Waals surface area contributed by atoms with Crippen LogP contribution in [0.1, 0.15) is 16.1 Å². The Balaban J connectivity index is 2.04. The van der Waals surface area contributed by atoms with Gasteiger partial charge in [-0.05, 0) is 42.5 Å². The van der Waals surface area contributed by atoms with Crippen molar-refractivity contribution in [1.82, 2.24) is 4.98 Å². The molecule has 0 fully saturated rings. The maximum Gasteiger partial charge on any atom is 0.261 e. The second kappa shape index (κ2) is 8.18. The standard InChI is InChI=1S/C19H14Cl2N2O4S/c1-27-17-5-3-2-4-15(17)19(24)18-16(10-13(21)11-22-18)23-28(25,26)14-8-6-12(20)7-9-14/h2-11,23H,1H3. The Hall–Kier alpha value is -2.61. The molecule has 0 aliphatic rings. The number of benzene rings is 2. The van der Waals surface area contributed by atoms with Gasteiger partial charge in [-0.25, -0.2) is 13.4 Å². The number of carbonyl (C=O) groups is 1. The fourth-order valence-corrected chi connectivity index (χ4v) is 3.82. The second-order valence-electron chi connectivity index (χ2n) is 5.64. The number of anilines is 1. The summed E-state index contributed by atoms with van der Waals surface area (Å²) in [5.41, 5.74) is 0.0940. The molecule has 1 heterocycles. The number of nitrogens with one attached hydrogen (secondary N) is 1. The van der Waals surface area contributed by atoms with E-state index in [1.807, 2.05) is 0 Å². The van der Waals surface area contributed by atoms with E-state index in [-0.39, 0.29) is 26.9 Å². The van der Waals surface area contributed by atoms with E-state index in [4.69, 9.17) is 27.9 Å². The van der Waals surface area contributed by atoms with Gasteiger partial charge in [-0.3, -0.25) is 9.52 Å². The predicted molar refractivity (Wildman–Crippen MR) is 108 cm³/mol. The van der Waals surface area contributed by atoms with Crippen LogP contribution in [0.15, 0.2) is 65.7 Å². The van der Waals surface area contributed by atoms with Gasteiger partial charge >= 0.3 is 0 Å². The average Bonchev–Trinajstić information content (AvgIpc) is 2.67. The van der Waals surface area contributed by atoms with E-state index >= 15 is 0 Å². The molecular formula is C19H14Cl2N2O4S. The molecule has 3 rings (SSSR count). The van der Waals surface area contributed by atoms with Crippen LogP contribution in [0, 0.1) is 0 Å². The number of aromatic nitrogens is 1. The molecule has 0 aliphatic heterocycles. The molecule has 0 saturated heterocycles. The number of rotatable bonds is 6. The van der Waals surface area contributed by atoms with E-state index in [0.29, 0.717) is 10.8 Å². The molecular weight excluding hydrogens is 423 g/mol. The molecule has 28 heavy (non-hydrogen) atoms. The van der Waals surface area contributed by atoms with Crippen molar-refractivity contribution < 1.29 is 17.9 Å². The molecule has 0 saturated carbocycles. The fraction of sp³-hybridized carbons (Fsp3) is 0.0526. The highest BCUT2D eigenvalue weighted by Crippen LogP contribution is 2.27. The van der Waals surface area contributed by atoms with Crippen LogP contribution in [-0.4, -0.2) is 26.3 Å². The van der Waals surface area contributed by atoms with E-state index in [0.717, 1.165) is 0 Å². The first-order valence-corrected chi connectivity index (χ1v) is 10.2. The zero-order valence-electron chi connectivity index (χ0n) is 14.5. The average molecular weight is 437 g/mol. The van der Waals surface area contributed by atoms with Crippen LogP contribution in [0.25, 0.3) is 0 Å². The number of hydrogen-bond donors (Lipinski definition) is 1. The lowest BCUT2D eigenvalue weighted by Gasteiger charge is -2.13. The Morgan fingerprint density at radius 3 is 2.39 bits per heavy atom. The first-order chi connectivity index (χ1) is 13.3. The number of nitrogens with zero attached hydrogens (tertiary/aromatic N) is 1. The Morgan fingerprint density at radius 2 is 1.71 bits per heavy atom. The minimum Gasteiger partial charge on any atom is -0.496 e. The quantitative estimate of drug-likeness (QED) is 0.577. The van der Waals surface area contributed by atoms with E-state index in [9.17, 15) is 13.2 Å². The monoisotopic (exact) mass is 436 g/mol. The number of para-hydroxylation sites is 1. The fourth-order valence-electron chi connectivity index (χ4n) is 2.48. The SMILES string of the molecule is COc1ccccc1C(=O)c1ncc(Cl)cc1NS(=O)(=O)c1ccc(Cl)cc1. The predicted octanol–water partition coefficient (Wildman–Crippen LogP) is 4.43. The van der Waals surface area contributed by atoms with Crippen molar-refractivity contribution in [2.24, 2.45) is 0 Å². The summed E-state index contributed by atoms with van der Waals surface area (Å²) in [7, 11) is -2.56. The van der Waals surface area contributed by atoms with E-state index in [1.54, 1.807) is 24.3 Å². The van der Waals surface area contributed by atoms with Crippen molar-refractivity contribution in [2.75, 3.05) is 11.8 Å². The molecule has 2 aromatic carbocycles. The van der Waals surface area contributed by atoms with Crippen LogP contribution in [0.4, 0.5) is 5.69 Å². The van der Waals surface area contributed by atoms with Gasteiger partial charge in [0.15, 0.2) is 0 Å². The highest BCUT2D eigenvalue weighted by atomic mass is 35.5. The van der Waals surface area contributed by atoms with Gasteiger partial charge in [-0.15, -0.1) is 0 Å². The van der Waals surface area contributed by atoms with Crippen LogP contribution in [0.2, 0.25) is 10.0 Å². The lowest BCUT2D eigenvalue weighted by Crippen LogP contribution is -2.17. The van der Waals surface area contributed by atoms with Crippen LogP contribution in [-0.2, 0) is 10.0 Å². The summed E-state index contributed by atoms with van der Waals surface area (Å²) in [6.07, 6.45) is 1.27. The minimum absolute atomic E-state index is 0.0208. The van der Waals surface area contributed by atoms with Crippen molar-refractivity contribution >= 4 is 44.7 Å². The van der Waals surface area contributed by atoms with Crippen LogP contribution in [0.3, 0.4) is 0 Å². The van der Waals surface area contributed by atoms with Gasteiger partial charge in [0.05, 0.1) is 28.3 Å². The number of pyridine rings is 1. The normalized spacial score (nSPS) is 11.1. The molecule has 0 atom stereocenters. The lowest BCUT2D eigenvalue weighted by molar-refractivity contribution is 0.103. The molecule has 0 aliphatic carbocycles. The zero-order valence-corrected chi connectivity index (χ0v) is 16.8. The number of carbonyl (C=O) groups excluding carboxylic acids is 1. The third kappa shape index (κ3) is 4.27. The molecule has 0 amide bonds. The molecule has 3 aromatic rings. The lowest BCUT2D eigenvalue weighted by atomic mass is 10.1. The number of methoxy groups -OCH3 is 1. The summed E-state index contributed by atoms with van der Waals surface area (Å²) in [6.45, 7) is 0. The first-order valence-electron chi connectivity index (χ1n) is 7.93. The Labute approximate surface area is 172 Å². The topological polar surface area (TPSA) is 85.4 Å². The molecule has 9 heteroatoms. The number of ketones is 1. The Bertz CT molecular complexity index is 1130. The highest BCUT2D eigenvalue weighted by molar-refractivity contribution is 7.92. The zero-order chi connectivity index (χ0) is 20.3. The molecule has 0 radical (unpaired) electrons. The molecule has 0 unspecified atom stereocenters. The molecule has 0 bridgehead atoms. The molecule has 1 N–H and O–H groups in total. The smallest absolute Gasteiger partial charge is 0.261 e. The second-order valence-corrected chi connectivity index (χ2v) is 8.19. The summed E-state index contributed by atoms with van der Waals surface area (Å²) >= 11 is 11.8. The molecule has 0 spiro atoms. The maximum atomic E-state index is 13.0. The van der Waals surface area contributed by atoms with Crippen LogP contribution >= 0.6 is 23.2 Å². The Morgan fingerprint density at radius 1 is 1.04 bits per heavy atom. The van der Waals surface area contributed by atoms with Crippen LogP contribution < -0.4 is 9.46 Å². The number of halogens is 2. The number of ether oxygens (including phenoxy) is 1. The summed E-state index contributed by atoms with van der Waals surface area (Å²) < 4.78 is 33.0. The van der Waals surface area contributed by atoms with Crippen molar-refractivity contribution in [3.05, 3.63) is 82.1 Å². The van der Waals surface area contributed by atoms with Crippen LogP contribution in [0.5, 0.6) is 5.75 Å². The Kier molecular flexibility index (Phi) is 5.88. The van der Waals surface area contributed by atoms with Crippen molar-refractivity contribution in [3.63, 3.8) is 0 Å². The van der Waals surface area contributed by atoms with Crippen molar-refractivity contribution in [3.8, 4) is 5.75 Å². The summed E-state index contributed by atoms with van der Waals surface area (Å²) in [4.78, 5) is 17.0. The van der Waals surface area contributed by atoms with Gasteiger partial charge in [-0.2, -0.15) is 0 Å². The summed E-state index contributed by atoms with van der Waals surface area (Å²) in [5.74, 6) is -0.168. The summed E-state index contributed by atoms with van der Waals surface area (Å²) in [6, 6.07) is 13.5. The highest BCUT2D eigenvalue weighted by Gasteiger charge is 2.23. The molecule has 1 aromatic heterocycles. The number of hydrogen-bond acceptors (Lipinski definition) is 5. The molecule has 144 valence electrons. The van der Waals surface area contributed by atoms with Gasteiger partial charge < -0.3 is 4.74 Å². The molecule has 6 nitrogen and oxygen atoms in total. The van der Waals surface area contributed by atoms with Gasteiger partial charge in [0.1, 0.15) is 11.4 Å². The van der Waals surface area contributed by atoms with Crippen molar-refractivity contribution in [1.29, 1.82) is 0 Å². The number of sulfonamides is 1. The third-order valence-electron chi connectivity index (χ3n) is 3.79. The van der Waals surface area contributed by atoms with Gasteiger partial charge in [-0.1, -0.05) is 35.3 Å². The first kappa shape index (κ1) is 20.1. The van der Waals surface area contributed by atoms with Gasteiger partial charge in [0.25, 0.3) is 10.0 Å². The van der Waals surface area contributed by atoms with Crippen molar-refractivity contribution in [2.45, 2.75) is 4.90 Å². The summed E-state index contributed by atoms with van der Waals surface area (Å²) in [5, 5.41) is 0.570. The van der Waals surface area contributed by atoms with E-state index < -0.39 is 15.8 Å². The maximum absolute atomic E-state index is 13.0. The van der Waals surface area contributed by atoms with Gasteiger partial charge in [0, 0.05) is 11.2 Å². The van der Waals surface area contributed by atoms with E-state index in [2.05, 4.69) is 9.71 Å². The minimum atomic E-state index is -3.99. The largest absolute Gasteiger partial charge is 0.496 e. The van der Waals surface area contributed by atoms with Gasteiger partial charge in [0.2, 0.25) is 5.78 Å².